The molecular weight excluding hydrogens is 322 g/mol. The number of rotatable bonds is 5. The molecule has 0 saturated heterocycles. The molecule has 0 aromatic carbocycles. The SMILES string of the molecule is O=C(CNC(=O)C12CC3CC(CC(C3)C1)C2)N/N=C\c1cccs1. The fraction of sp³-hybridized carbons (Fsp3) is 0.611. The van der Waals surface area contributed by atoms with E-state index in [-0.39, 0.29) is 23.8 Å². The summed E-state index contributed by atoms with van der Waals surface area (Å²) in [5.74, 6) is 1.99. The van der Waals surface area contributed by atoms with Crippen LogP contribution in [0.3, 0.4) is 0 Å². The lowest BCUT2D eigenvalue weighted by atomic mass is 9.49. The summed E-state index contributed by atoms with van der Waals surface area (Å²) in [6.07, 6.45) is 8.60. The molecule has 4 fully saturated rings. The van der Waals surface area contributed by atoms with Crippen molar-refractivity contribution in [2.24, 2.45) is 28.3 Å². The summed E-state index contributed by atoms with van der Waals surface area (Å²) in [6.45, 7) is 0.00235. The van der Waals surface area contributed by atoms with Gasteiger partial charge in [0.2, 0.25) is 5.91 Å². The van der Waals surface area contributed by atoms with Crippen molar-refractivity contribution in [3.05, 3.63) is 22.4 Å². The topological polar surface area (TPSA) is 70.6 Å². The van der Waals surface area contributed by atoms with Gasteiger partial charge in [0, 0.05) is 10.3 Å². The van der Waals surface area contributed by atoms with Crippen molar-refractivity contribution in [1.29, 1.82) is 0 Å². The molecule has 4 aliphatic carbocycles. The first kappa shape index (κ1) is 15.8. The number of hydrogen-bond acceptors (Lipinski definition) is 4. The van der Waals surface area contributed by atoms with E-state index in [4.69, 9.17) is 0 Å². The Morgan fingerprint density at radius 1 is 1.21 bits per heavy atom. The molecule has 4 bridgehead atoms. The third-order valence-electron chi connectivity index (χ3n) is 5.85. The third-order valence-corrected chi connectivity index (χ3v) is 6.66. The minimum absolute atomic E-state index is 0.00235. The summed E-state index contributed by atoms with van der Waals surface area (Å²) in [5, 5.41) is 8.73. The van der Waals surface area contributed by atoms with Gasteiger partial charge in [-0.1, -0.05) is 6.07 Å². The summed E-state index contributed by atoms with van der Waals surface area (Å²) in [7, 11) is 0. The second-order valence-electron chi connectivity index (χ2n) is 7.69. The van der Waals surface area contributed by atoms with Gasteiger partial charge in [0.25, 0.3) is 5.91 Å². The molecule has 2 N–H and O–H groups in total. The number of nitrogens with zero attached hydrogens (tertiary/aromatic N) is 1. The molecule has 2 amide bonds. The van der Waals surface area contributed by atoms with Crippen LogP contribution in [0.2, 0.25) is 0 Å². The summed E-state index contributed by atoms with van der Waals surface area (Å²) >= 11 is 1.55. The summed E-state index contributed by atoms with van der Waals surface area (Å²) < 4.78 is 0. The Morgan fingerprint density at radius 2 is 1.88 bits per heavy atom. The number of carbonyl (C=O) groups excluding carboxylic acids is 2. The Morgan fingerprint density at radius 3 is 2.46 bits per heavy atom. The van der Waals surface area contributed by atoms with E-state index < -0.39 is 0 Å². The lowest BCUT2D eigenvalue weighted by Gasteiger charge is -2.55. The molecule has 0 aliphatic heterocycles. The van der Waals surface area contributed by atoms with Crippen LogP contribution in [-0.2, 0) is 9.59 Å². The highest BCUT2D eigenvalue weighted by atomic mass is 32.1. The van der Waals surface area contributed by atoms with Gasteiger partial charge in [0.05, 0.1) is 12.8 Å². The number of amides is 2. The Bertz CT molecular complexity index is 618. The summed E-state index contributed by atoms with van der Waals surface area (Å²) in [5.41, 5.74) is 2.27. The third kappa shape index (κ3) is 3.11. The quantitative estimate of drug-likeness (QED) is 0.636. The molecule has 5 nitrogen and oxygen atoms in total. The van der Waals surface area contributed by atoms with E-state index in [1.165, 1.54) is 19.3 Å². The van der Waals surface area contributed by atoms with E-state index >= 15 is 0 Å². The van der Waals surface area contributed by atoms with Crippen LogP contribution in [0, 0.1) is 23.2 Å². The van der Waals surface area contributed by atoms with Gasteiger partial charge in [-0.05, 0) is 67.7 Å². The largest absolute Gasteiger partial charge is 0.346 e. The van der Waals surface area contributed by atoms with Gasteiger partial charge in [0.1, 0.15) is 0 Å². The van der Waals surface area contributed by atoms with E-state index in [9.17, 15) is 9.59 Å². The van der Waals surface area contributed by atoms with E-state index in [1.54, 1.807) is 17.6 Å². The van der Waals surface area contributed by atoms with Crippen LogP contribution < -0.4 is 10.7 Å². The molecule has 0 spiro atoms. The average molecular weight is 345 g/mol. The zero-order valence-electron chi connectivity index (χ0n) is 13.7. The zero-order valence-corrected chi connectivity index (χ0v) is 14.5. The molecule has 0 atom stereocenters. The van der Waals surface area contributed by atoms with Crippen molar-refractivity contribution in [2.75, 3.05) is 6.54 Å². The van der Waals surface area contributed by atoms with Gasteiger partial charge in [-0.15, -0.1) is 11.3 Å². The second kappa shape index (κ2) is 6.31. The number of nitrogens with one attached hydrogen (secondary N) is 2. The number of thiophene rings is 1. The van der Waals surface area contributed by atoms with Crippen molar-refractivity contribution in [3.8, 4) is 0 Å². The van der Waals surface area contributed by atoms with Crippen molar-refractivity contribution in [1.82, 2.24) is 10.7 Å². The maximum Gasteiger partial charge on any atom is 0.259 e. The molecule has 4 saturated carbocycles. The van der Waals surface area contributed by atoms with Crippen LogP contribution in [0.4, 0.5) is 0 Å². The molecular formula is C18H23N3O2S. The predicted molar refractivity (Wildman–Crippen MR) is 93.7 cm³/mol. The van der Waals surface area contributed by atoms with Crippen LogP contribution in [0.1, 0.15) is 43.4 Å². The van der Waals surface area contributed by atoms with Gasteiger partial charge >= 0.3 is 0 Å². The van der Waals surface area contributed by atoms with E-state index in [1.807, 2.05) is 17.5 Å². The van der Waals surface area contributed by atoms with Crippen molar-refractivity contribution >= 4 is 29.4 Å². The van der Waals surface area contributed by atoms with Crippen LogP contribution >= 0.6 is 11.3 Å². The Kier molecular flexibility index (Phi) is 4.16. The Labute approximate surface area is 145 Å². The fourth-order valence-corrected chi connectivity index (χ4v) is 5.89. The zero-order chi connectivity index (χ0) is 16.6. The standard InChI is InChI=1S/C18H23N3O2S/c22-16(21-20-10-15-2-1-3-24-15)11-19-17(23)18-7-12-4-13(8-18)6-14(5-12)9-18/h1-3,10,12-14H,4-9,11H2,(H,19,23)(H,21,22)/b20-10-. The summed E-state index contributed by atoms with van der Waals surface area (Å²) in [4.78, 5) is 25.6. The second-order valence-corrected chi connectivity index (χ2v) is 8.67. The fourth-order valence-electron chi connectivity index (χ4n) is 5.31. The van der Waals surface area contributed by atoms with Crippen LogP contribution in [0.5, 0.6) is 0 Å². The summed E-state index contributed by atoms with van der Waals surface area (Å²) in [6, 6.07) is 3.86. The Hall–Kier alpha value is -1.69. The van der Waals surface area contributed by atoms with Crippen molar-refractivity contribution in [3.63, 3.8) is 0 Å². The van der Waals surface area contributed by atoms with E-state index in [2.05, 4.69) is 15.8 Å². The first-order valence-corrected chi connectivity index (χ1v) is 9.65. The van der Waals surface area contributed by atoms with Crippen LogP contribution in [0.15, 0.2) is 22.6 Å². The molecule has 6 heteroatoms. The normalized spacial score (nSPS) is 33.8. The highest BCUT2D eigenvalue weighted by Crippen LogP contribution is 2.60. The number of hydrazone groups is 1. The highest BCUT2D eigenvalue weighted by molar-refractivity contribution is 7.11. The lowest BCUT2D eigenvalue weighted by molar-refractivity contribution is -0.147. The highest BCUT2D eigenvalue weighted by Gasteiger charge is 2.54. The smallest absolute Gasteiger partial charge is 0.259 e. The first-order chi connectivity index (χ1) is 11.6. The maximum atomic E-state index is 12.7. The number of hydrogen-bond donors (Lipinski definition) is 2. The molecule has 0 unspecified atom stereocenters. The van der Waals surface area contributed by atoms with Gasteiger partial charge in [-0.3, -0.25) is 9.59 Å². The number of carbonyl (C=O) groups is 2. The Balaban J connectivity index is 1.28. The average Bonchev–Trinajstić information content (AvgIpc) is 3.04. The maximum absolute atomic E-state index is 12.7. The minimum atomic E-state index is -0.277. The van der Waals surface area contributed by atoms with Crippen LogP contribution in [-0.4, -0.2) is 24.6 Å². The molecule has 1 aromatic heterocycles. The van der Waals surface area contributed by atoms with Gasteiger partial charge in [-0.25, -0.2) is 5.43 Å². The van der Waals surface area contributed by atoms with Gasteiger partial charge in [0.15, 0.2) is 0 Å². The molecule has 1 aromatic rings. The molecule has 0 radical (unpaired) electrons. The molecule has 4 aliphatic rings. The molecule has 24 heavy (non-hydrogen) atoms. The molecule has 128 valence electrons. The van der Waals surface area contributed by atoms with Crippen LogP contribution in [0.25, 0.3) is 0 Å². The molecule has 5 rings (SSSR count). The lowest BCUT2D eigenvalue weighted by Crippen LogP contribution is -2.54. The van der Waals surface area contributed by atoms with Crippen molar-refractivity contribution < 1.29 is 9.59 Å². The van der Waals surface area contributed by atoms with Gasteiger partial charge < -0.3 is 5.32 Å². The first-order valence-electron chi connectivity index (χ1n) is 8.77. The van der Waals surface area contributed by atoms with Crippen molar-refractivity contribution in [2.45, 2.75) is 38.5 Å². The van der Waals surface area contributed by atoms with Gasteiger partial charge in [-0.2, -0.15) is 5.10 Å². The van der Waals surface area contributed by atoms with E-state index in [0.717, 1.165) is 41.9 Å². The minimum Gasteiger partial charge on any atom is -0.346 e. The molecule has 1 heterocycles. The predicted octanol–water partition coefficient (Wildman–Crippen LogP) is 2.53. The monoisotopic (exact) mass is 345 g/mol. The van der Waals surface area contributed by atoms with E-state index in [0.29, 0.717) is 0 Å².